The molecule has 4 nitrogen and oxygen atoms in total. The average molecular weight is 323 g/mol. The first-order chi connectivity index (χ1) is 11.5. The van der Waals surface area contributed by atoms with E-state index in [1.165, 1.54) is 0 Å². The zero-order valence-corrected chi connectivity index (χ0v) is 14.7. The number of carbonyl (C=O) groups is 1. The number of hydrogen-bond donors (Lipinski definition) is 1. The fourth-order valence-corrected chi connectivity index (χ4v) is 3.24. The van der Waals surface area contributed by atoms with E-state index in [2.05, 4.69) is 44.1 Å². The lowest BCUT2D eigenvalue weighted by molar-refractivity contribution is 0.0735. The van der Waals surface area contributed by atoms with Gasteiger partial charge in [0.25, 0.3) is 5.91 Å². The smallest absolute Gasteiger partial charge is 0.253 e. The Morgan fingerprint density at radius 1 is 1.21 bits per heavy atom. The SMILES string of the molecule is C=C1C(C)=CC(c2ccc(C(=O)N3CCNCC3)cc2C)=CN1C. The molecule has 0 aromatic heterocycles. The Kier molecular flexibility index (Phi) is 4.58. The Hall–Kier alpha value is -2.33. The Morgan fingerprint density at radius 3 is 2.54 bits per heavy atom. The number of aryl methyl sites for hydroxylation is 1. The van der Waals surface area contributed by atoms with E-state index in [9.17, 15) is 4.79 Å². The minimum absolute atomic E-state index is 0.126. The molecule has 1 aromatic carbocycles. The van der Waals surface area contributed by atoms with Gasteiger partial charge in [-0.05, 0) is 54.3 Å². The van der Waals surface area contributed by atoms with Gasteiger partial charge in [0.2, 0.25) is 0 Å². The van der Waals surface area contributed by atoms with Crippen LogP contribution < -0.4 is 5.32 Å². The molecular weight excluding hydrogens is 298 g/mol. The lowest BCUT2D eigenvalue weighted by Crippen LogP contribution is -2.46. The maximum Gasteiger partial charge on any atom is 0.253 e. The van der Waals surface area contributed by atoms with Gasteiger partial charge in [-0.3, -0.25) is 4.79 Å². The molecule has 4 heteroatoms. The molecule has 1 fully saturated rings. The van der Waals surface area contributed by atoms with Crippen molar-refractivity contribution in [3.8, 4) is 0 Å². The summed E-state index contributed by atoms with van der Waals surface area (Å²) in [6.07, 6.45) is 4.25. The predicted octanol–water partition coefficient (Wildman–Crippen LogP) is 2.79. The van der Waals surface area contributed by atoms with Gasteiger partial charge in [-0.2, -0.15) is 0 Å². The summed E-state index contributed by atoms with van der Waals surface area (Å²) in [5.74, 6) is 0.126. The van der Waals surface area contributed by atoms with Gasteiger partial charge in [-0.25, -0.2) is 0 Å². The van der Waals surface area contributed by atoms with Crippen LogP contribution in [0.25, 0.3) is 5.57 Å². The fraction of sp³-hybridized carbons (Fsp3) is 0.350. The lowest BCUT2D eigenvalue weighted by Gasteiger charge is -2.28. The molecule has 126 valence electrons. The maximum absolute atomic E-state index is 12.6. The van der Waals surface area contributed by atoms with Gasteiger partial charge in [0.05, 0.1) is 0 Å². The largest absolute Gasteiger partial charge is 0.351 e. The molecule has 1 N–H and O–H groups in total. The normalized spacial score (nSPS) is 18.4. The van der Waals surface area contributed by atoms with E-state index in [4.69, 9.17) is 0 Å². The first-order valence-electron chi connectivity index (χ1n) is 8.40. The van der Waals surface area contributed by atoms with Crippen LogP contribution in [0.3, 0.4) is 0 Å². The van der Waals surface area contributed by atoms with Crippen molar-refractivity contribution < 1.29 is 4.79 Å². The van der Waals surface area contributed by atoms with Gasteiger partial charge in [0.15, 0.2) is 0 Å². The topological polar surface area (TPSA) is 35.6 Å². The molecule has 2 aliphatic rings. The number of piperazine rings is 1. The number of likely N-dealkylation sites (N-methyl/N-ethyl adjacent to an activating group) is 1. The number of rotatable bonds is 2. The summed E-state index contributed by atoms with van der Waals surface area (Å²) < 4.78 is 0. The van der Waals surface area contributed by atoms with Gasteiger partial charge in [0, 0.05) is 50.7 Å². The van der Waals surface area contributed by atoms with Crippen molar-refractivity contribution in [2.75, 3.05) is 33.2 Å². The molecule has 0 unspecified atom stereocenters. The van der Waals surface area contributed by atoms with E-state index in [1.807, 2.05) is 29.0 Å². The summed E-state index contributed by atoms with van der Waals surface area (Å²) in [6, 6.07) is 6.01. The molecule has 0 bridgehead atoms. The molecule has 1 aromatic rings. The second-order valence-corrected chi connectivity index (χ2v) is 6.54. The monoisotopic (exact) mass is 323 g/mol. The standard InChI is InChI=1S/C20H25N3O/c1-14-11-18(13-22(4)16(14)3)19-6-5-17(12-15(19)2)20(24)23-9-7-21-8-10-23/h5-6,11-13,21H,3,7-10H2,1-2,4H3. The van der Waals surface area contributed by atoms with Crippen molar-refractivity contribution in [3.05, 3.63) is 65.0 Å². The molecule has 1 saturated heterocycles. The van der Waals surface area contributed by atoms with Crippen molar-refractivity contribution in [2.45, 2.75) is 13.8 Å². The molecule has 2 aliphatic heterocycles. The highest BCUT2D eigenvalue weighted by atomic mass is 16.2. The number of carbonyl (C=O) groups excluding carboxylic acids is 1. The highest BCUT2D eigenvalue weighted by molar-refractivity contribution is 5.95. The highest BCUT2D eigenvalue weighted by Crippen LogP contribution is 2.29. The minimum atomic E-state index is 0.126. The van der Waals surface area contributed by atoms with Crippen LogP contribution in [0, 0.1) is 6.92 Å². The molecule has 3 rings (SSSR count). The van der Waals surface area contributed by atoms with E-state index in [1.54, 1.807) is 0 Å². The van der Waals surface area contributed by atoms with Crippen molar-refractivity contribution in [1.29, 1.82) is 0 Å². The van der Waals surface area contributed by atoms with Crippen molar-refractivity contribution in [3.63, 3.8) is 0 Å². The van der Waals surface area contributed by atoms with E-state index < -0.39 is 0 Å². The molecule has 0 aliphatic carbocycles. The first-order valence-corrected chi connectivity index (χ1v) is 8.40. The molecule has 2 heterocycles. The summed E-state index contributed by atoms with van der Waals surface area (Å²) in [4.78, 5) is 16.6. The van der Waals surface area contributed by atoms with Crippen LogP contribution in [0.2, 0.25) is 0 Å². The lowest BCUT2D eigenvalue weighted by atomic mass is 9.95. The van der Waals surface area contributed by atoms with Crippen LogP contribution in [0.1, 0.15) is 28.4 Å². The van der Waals surface area contributed by atoms with Crippen molar-refractivity contribution in [2.24, 2.45) is 0 Å². The van der Waals surface area contributed by atoms with Gasteiger partial charge in [0.1, 0.15) is 0 Å². The van der Waals surface area contributed by atoms with Crippen LogP contribution in [-0.4, -0.2) is 48.9 Å². The molecule has 0 radical (unpaired) electrons. The average Bonchev–Trinajstić information content (AvgIpc) is 2.59. The summed E-state index contributed by atoms with van der Waals surface area (Å²) in [7, 11) is 2.01. The molecule has 24 heavy (non-hydrogen) atoms. The van der Waals surface area contributed by atoms with E-state index in [0.717, 1.165) is 59.7 Å². The molecular formula is C20H25N3O. The number of nitrogens with one attached hydrogen (secondary N) is 1. The number of amides is 1. The predicted molar refractivity (Wildman–Crippen MR) is 98.6 cm³/mol. The fourth-order valence-electron chi connectivity index (χ4n) is 3.24. The highest BCUT2D eigenvalue weighted by Gasteiger charge is 2.19. The number of allylic oxidation sites excluding steroid dienone is 3. The Bertz CT molecular complexity index is 739. The zero-order valence-electron chi connectivity index (χ0n) is 14.7. The quantitative estimate of drug-likeness (QED) is 0.909. The Balaban J connectivity index is 1.87. The minimum Gasteiger partial charge on any atom is -0.351 e. The van der Waals surface area contributed by atoms with Crippen LogP contribution in [0.5, 0.6) is 0 Å². The van der Waals surface area contributed by atoms with E-state index in [0.29, 0.717) is 0 Å². The van der Waals surface area contributed by atoms with Crippen molar-refractivity contribution in [1.82, 2.24) is 15.1 Å². The molecule has 1 amide bonds. The van der Waals surface area contributed by atoms with Crippen molar-refractivity contribution >= 4 is 11.5 Å². The number of benzene rings is 1. The van der Waals surface area contributed by atoms with Gasteiger partial charge >= 0.3 is 0 Å². The van der Waals surface area contributed by atoms with Crippen LogP contribution >= 0.6 is 0 Å². The zero-order chi connectivity index (χ0) is 17.3. The summed E-state index contributed by atoms with van der Waals surface area (Å²) in [5.41, 5.74) is 6.38. The van der Waals surface area contributed by atoms with Gasteiger partial charge < -0.3 is 15.1 Å². The third kappa shape index (κ3) is 3.15. The van der Waals surface area contributed by atoms with Gasteiger partial charge in [-0.1, -0.05) is 12.6 Å². The maximum atomic E-state index is 12.6. The third-order valence-electron chi connectivity index (χ3n) is 4.77. The third-order valence-corrected chi connectivity index (χ3v) is 4.77. The second-order valence-electron chi connectivity index (χ2n) is 6.54. The molecule has 0 spiro atoms. The number of nitrogens with zero attached hydrogens (tertiary/aromatic N) is 2. The molecule has 0 atom stereocenters. The second kappa shape index (κ2) is 6.65. The van der Waals surface area contributed by atoms with Crippen LogP contribution in [0.15, 0.2) is 48.3 Å². The molecule has 0 saturated carbocycles. The summed E-state index contributed by atoms with van der Waals surface area (Å²) in [6.45, 7) is 11.5. The van der Waals surface area contributed by atoms with Crippen LogP contribution in [0.4, 0.5) is 0 Å². The summed E-state index contributed by atoms with van der Waals surface area (Å²) in [5, 5.41) is 3.28. The Labute approximate surface area is 144 Å². The number of hydrogen-bond acceptors (Lipinski definition) is 3. The summed E-state index contributed by atoms with van der Waals surface area (Å²) >= 11 is 0. The first kappa shape index (κ1) is 16.5. The Morgan fingerprint density at radius 2 is 1.92 bits per heavy atom. The van der Waals surface area contributed by atoms with E-state index in [-0.39, 0.29) is 5.91 Å². The van der Waals surface area contributed by atoms with Gasteiger partial charge in [-0.15, -0.1) is 0 Å². The van der Waals surface area contributed by atoms with Crippen LogP contribution in [-0.2, 0) is 0 Å². The van der Waals surface area contributed by atoms with E-state index >= 15 is 0 Å².